The number of guanidine groups is 1. The summed E-state index contributed by atoms with van der Waals surface area (Å²) in [6, 6.07) is 8.65. The molecule has 1 N–H and O–H groups in total. The average Bonchev–Trinajstić information content (AvgIpc) is 2.69. The van der Waals surface area contributed by atoms with Crippen LogP contribution in [0.15, 0.2) is 34.2 Å². The quantitative estimate of drug-likeness (QED) is 0.308. The SMILES string of the molecule is CCNC(=NCc1ccc(SC)cc1)N1CCC(OCCCOC)CC1. The van der Waals surface area contributed by atoms with Gasteiger partial charge < -0.3 is 19.7 Å². The molecule has 0 spiro atoms. The fourth-order valence-corrected chi connectivity index (χ4v) is 3.42. The molecular formula is C20H33N3O2S. The van der Waals surface area contributed by atoms with Crippen molar-refractivity contribution >= 4 is 17.7 Å². The second kappa shape index (κ2) is 12.2. The summed E-state index contributed by atoms with van der Waals surface area (Å²) in [6.07, 6.45) is 5.54. The van der Waals surface area contributed by atoms with Gasteiger partial charge in [-0.1, -0.05) is 12.1 Å². The number of methoxy groups -OCH3 is 1. The minimum absolute atomic E-state index is 0.366. The highest BCUT2D eigenvalue weighted by Gasteiger charge is 2.21. The van der Waals surface area contributed by atoms with Crippen LogP contribution in [0.1, 0.15) is 31.7 Å². The van der Waals surface area contributed by atoms with Crippen LogP contribution in [0.3, 0.4) is 0 Å². The van der Waals surface area contributed by atoms with Crippen molar-refractivity contribution in [2.24, 2.45) is 4.99 Å². The van der Waals surface area contributed by atoms with Gasteiger partial charge in [0.1, 0.15) is 0 Å². The molecule has 0 atom stereocenters. The molecule has 0 aliphatic carbocycles. The monoisotopic (exact) mass is 379 g/mol. The number of piperidine rings is 1. The van der Waals surface area contributed by atoms with Crippen molar-refractivity contribution in [3.05, 3.63) is 29.8 Å². The molecule has 1 saturated heterocycles. The maximum Gasteiger partial charge on any atom is 0.194 e. The van der Waals surface area contributed by atoms with Crippen LogP contribution in [0.25, 0.3) is 0 Å². The standard InChI is InChI=1S/C20H33N3O2S/c1-4-21-20(22-16-17-6-8-19(26-3)9-7-17)23-12-10-18(11-13-23)25-15-5-14-24-2/h6-9,18H,4-5,10-16H2,1-3H3,(H,21,22). The largest absolute Gasteiger partial charge is 0.385 e. The first-order chi connectivity index (χ1) is 12.8. The number of hydrogen-bond acceptors (Lipinski definition) is 4. The normalized spacial score (nSPS) is 16.1. The molecule has 1 aliphatic rings. The van der Waals surface area contributed by atoms with Crippen LogP contribution in [0, 0.1) is 0 Å². The van der Waals surface area contributed by atoms with Crippen molar-refractivity contribution in [1.82, 2.24) is 10.2 Å². The Bertz CT molecular complexity index is 528. The van der Waals surface area contributed by atoms with Crippen molar-refractivity contribution in [2.45, 2.75) is 43.7 Å². The van der Waals surface area contributed by atoms with Crippen molar-refractivity contribution in [3.63, 3.8) is 0 Å². The van der Waals surface area contributed by atoms with E-state index >= 15 is 0 Å². The number of rotatable bonds is 9. The van der Waals surface area contributed by atoms with Crippen molar-refractivity contribution < 1.29 is 9.47 Å². The zero-order valence-electron chi connectivity index (χ0n) is 16.4. The minimum Gasteiger partial charge on any atom is -0.385 e. The number of ether oxygens (including phenoxy) is 2. The minimum atomic E-state index is 0.366. The first kappa shape index (κ1) is 21.1. The van der Waals surface area contributed by atoms with E-state index in [9.17, 15) is 0 Å². The molecule has 1 aromatic rings. The predicted octanol–water partition coefficient (Wildman–Crippen LogP) is 3.39. The fraction of sp³-hybridized carbons (Fsp3) is 0.650. The number of thioether (sulfide) groups is 1. The van der Waals surface area contributed by atoms with Crippen LogP contribution in [0.4, 0.5) is 0 Å². The van der Waals surface area contributed by atoms with Gasteiger partial charge in [-0.3, -0.25) is 0 Å². The second-order valence-corrected chi connectivity index (χ2v) is 7.30. The zero-order chi connectivity index (χ0) is 18.6. The van der Waals surface area contributed by atoms with Crippen LogP contribution in [-0.2, 0) is 16.0 Å². The number of nitrogens with zero attached hydrogens (tertiary/aromatic N) is 2. The average molecular weight is 380 g/mol. The third kappa shape index (κ3) is 7.17. The lowest BCUT2D eigenvalue weighted by Crippen LogP contribution is -2.47. The summed E-state index contributed by atoms with van der Waals surface area (Å²) in [5.41, 5.74) is 1.24. The molecule has 2 rings (SSSR count). The molecule has 0 amide bonds. The molecule has 0 radical (unpaired) electrons. The topological polar surface area (TPSA) is 46.1 Å². The van der Waals surface area contributed by atoms with Crippen molar-refractivity contribution in [1.29, 1.82) is 0 Å². The Kier molecular flexibility index (Phi) is 9.89. The van der Waals surface area contributed by atoms with Crippen LogP contribution in [0.5, 0.6) is 0 Å². The van der Waals surface area contributed by atoms with E-state index in [0.29, 0.717) is 12.6 Å². The smallest absolute Gasteiger partial charge is 0.194 e. The van der Waals surface area contributed by atoms with Gasteiger partial charge in [-0.15, -0.1) is 11.8 Å². The van der Waals surface area contributed by atoms with Gasteiger partial charge in [0, 0.05) is 44.9 Å². The summed E-state index contributed by atoms with van der Waals surface area (Å²) in [7, 11) is 1.73. The summed E-state index contributed by atoms with van der Waals surface area (Å²) in [4.78, 5) is 8.49. The molecule has 146 valence electrons. The van der Waals surface area contributed by atoms with Gasteiger partial charge in [-0.25, -0.2) is 4.99 Å². The number of hydrogen-bond donors (Lipinski definition) is 1. The van der Waals surface area contributed by atoms with E-state index in [1.165, 1.54) is 10.5 Å². The Labute approximate surface area is 162 Å². The molecule has 5 nitrogen and oxygen atoms in total. The Hall–Kier alpha value is -1.24. The molecule has 0 unspecified atom stereocenters. The molecule has 1 heterocycles. The lowest BCUT2D eigenvalue weighted by molar-refractivity contribution is 0.00990. The third-order valence-corrected chi connectivity index (χ3v) is 5.24. The van der Waals surface area contributed by atoms with Gasteiger partial charge in [0.15, 0.2) is 5.96 Å². The second-order valence-electron chi connectivity index (χ2n) is 6.42. The lowest BCUT2D eigenvalue weighted by atomic mass is 10.1. The van der Waals surface area contributed by atoms with E-state index < -0.39 is 0 Å². The Morgan fingerprint density at radius 2 is 1.96 bits per heavy atom. The van der Waals surface area contributed by atoms with Gasteiger partial charge in [-0.2, -0.15) is 0 Å². The van der Waals surface area contributed by atoms with Crippen LogP contribution in [0.2, 0.25) is 0 Å². The Morgan fingerprint density at radius 1 is 1.23 bits per heavy atom. The lowest BCUT2D eigenvalue weighted by Gasteiger charge is -2.34. The number of nitrogens with one attached hydrogen (secondary N) is 1. The molecule has 0 bridgehead atoms. The van der Waals surface area contributed by atoms with E-state index in [2.05, 4.69) is 47.7 Å². The molecule has 0 aromatic heterocycles. The van der Waals surface area contributed by atoms with E-state index in [0.717, 1.165) is 58.1 Å². The summed E-state index contributed by atoms with van der Waals surface area (Å²) in [5.74, 6) is 1.01. The highest BCUT2D eigenvalue weighted by molar-refractivity contribution is 7.98. The number of aliphatic imine (C=N–C) groups is 1. The highest BCUT2D eigenvalue weighted by atomic mass is 32.2. The Balaban J connectivity index is 1.83. The van der Waals surface area contributed by atoms with Crippen molar-refractivity contribution in [3.8, 4) is 0 Å². The van der Waals surface area contributed by atoms with Gasteiger partial charge in [-0.05, 0) is 50.1 Å². The van der Waals surface area contributed by atoms with E-state index in [-0.39, 0.29) is 0 Å². The van der Waals surface area contributed by atoms with Gasteiger partial charge >= 0.3 is 0 Å². The van der Waals surface area contributed by atoms with Crippen LogP contribution >= 0.6 is 11.8 Å². The van der Waals surface area contributed by atoms with Gasteiger partial charge in [0.05, 0.1) is 12.6 Å². The van der Waals surface area contributed by atoms with Crippen LogP contribution < -0.4 is 5.32 Å². The maximum absolute atomic E-state index is 5.96. The van der Waals surface area contributed by atoms with E-state index in [1.807, 2.05) is 0 Å². The summed E-state index contributed by atoms with van der Waals surface area (Å²) in [5, 5.41) is 3.43. The third-order valence-electron chi connectivity index (χ3n) is 4.49. The number of likely N-dealkylation sites (tertiary alicyclic amines) is 1. The zero-order valence-corrected chi connectivity index (χ0v) is 17.2. The van der Waals surface area contributed by atoms with Crippen LogP contribution in [-0.4, -0.2) is 63.2 Å². The Morgan fingerprint density at radius 3 is 2.58 bits per heavy atom. The summed E-state index contributed by atoms with van der Waals surface area (Å²) < 4.78 is 11.0. The molecular weight excluding hydrogens is 346 g/mol. The molecule has 1 fully saturated rings. The first-order valence-corrected chi connectivity index (χ1v) is 10.8. The summed E-state index contributed by atoms with van der Waals surface area (Å²) >= 11 is 1.77. The van der Waals surface area contributed by atoms with Gasteiger partial charge in [0.25, 0.3) is 0 Å². The molecule has 6 heteroatoms. The van der Waals surface area contributed by atoms with Crippen molar-refractivity contribution in [2.75, 3.05) is 46.2 Å². The fourth-order valence-electron chi connectivity index (χ4n) is 3.01. The molecule has 0 saturated carbocycles. The predicted molar refractivity (Wildman–Crippen MR) is 110 cm³/mol. The number of benzene rings is 1. The highest BCUT2D eigenvalue weighted by Crippen LogP contribution is 2.16. The maximum atomic E-state index is 5.96. The summed E-state index contributed by atoms with van der Waals surface area (Å²) in [6.45, 7) is 7.27. The molecule has 1 aliphatic heterocycles. The van der Waals surface area contributed by atoms with E-state index in [4.69, 9.17) is 14.5 Å². The van der Waals surface area contributed by atoms with E-state index in [1.54, 1.807) is 18.9 Å². The first-order valence-electron chi connectivity index (χ1n) is 9.53. The molecule has 1 aromatic carbocycles. The van der Waals surface area contributed by atoms with Gasteiger partial charge in [0.2, 0.25) is 0 Å². The molecule has 26 heavy (non-hydrogen) atoms.